The lowest BCUT2D eigenvalue weighted by atomic mass is 10.2. The lowest BCUT2D eigenvalue weighted by molar-refractivity contribution is 0.0919. The van der Waals surface area contributed by atoms with Gasteiger partial charge in [0, 0.05) is 31.8 Å². The summed E-state index contributed by atoms with van der Waals surface area (Å²) in [6.07, 6.45) is 1.10. The zero-order valence-corrected chi connectivity index (χ0v) is 11.3. The maximum Gasteiger partial charge on any atom is 0.0705 e. The molecule has 96 valence electrons. The van der Waals surface area contributed by atoms with Gasteiger partial charge in [-0.05, 0) is 31.2 Å². The van der Waals surface area contributed by atoms with Crippen LogP contribution in [0.25, 0.3) is 0 Å². The first-order valence-corrected chi connectivity index (χ1v) is 6.19. The molecular weight excluding hydrogens is 236 g/mol. The fourth-order valence-electron chi connectivity index (χ4n) is 1.72. The van der Waals surface area contributed by atoms with E-state index < -0.39 is 0 Å². The van der Waals surface area contributed by atoms with Crippen molar-refractivity contribution in [2.24, 2.45) is 5.73 Å². The molecule has 0 amide bonds. The lowest BCUT2D eigenvalue weighted by Gasteiger charge is -2.20. The van der Waals surface area contributed by atoms with Gasteiger partial charge in [-0.2, -0.15) is 0 Å². The number of nitrogens with zero attached hydrogens (tertiary/aromatic N) is 1. The summed E-state index contributed by atoms with van der Waals surface area (Å²) in [4.78, 5) is 2.24. The summed E-state index contributed by atoms with van der Waals surface area (Å²) in [5.74, 6) is 0. The van der Waals surface area contributed by atoms with Crippen molar-refractivity contribution in [1.29, 1.82) is 0 Å². The first-order chi connectivity index (χ1) is 8.15. The molecule has 0 aliphatic heterocycles. The Labute approximate surface area is 109 Å². The maximum absolute atomic E-state index is 5.95. The molecule has 0 bridgehead atoms. The molecule has 0 aliphatic rings. The molecule has 0 saturated carbocycles. The Morgan fingerprint density at radius 2 is 2.24 bits per heavy atom. The van der Waals surface area contributed by atoms with Crippen LogP contribution >= 0.6 is 11.6 Å². The van der Waals surface area contributed by atoms with Crippen LogP contribution in [0.15, 0.2) is 24.3 Å². The van der Waals surface area contributed by atoms with Gasteiger partial charge in [0.25, 0.3) is 0 Å². The molecule has 0 radical (unpaired) electrons. The molecule has 1 aromatic carbocycles. The van der Waals surface area contributed by atoms with Crippen LogP contribution in [0, 0.1) is 0 Å². The lowest BCUT2D eigenvalue weighted by Crippen LogP contribution is -2.28. The molecule has 0 heterocycles. The van der Waals surface area contributed by atoms with Gasteiger partial charge in [-0.1, -0.05) is 23.7 Å². The summed E-state index contributed by atoms with van der Waals surface area (Å²) in [6.45, 7) is 2.42. The first kappa shape index (κ1) is 14.5. The van der Waals surface area contributed by atoms with E-state index in [4.69, 9.17) is 22.1 Å². The van der Waals surface area contributed by atoms with Crippen LogP contribution in [0.5, 0.6) is 0 Å². The van der Waals surface area contributed by atoms with Crippen molar-refractivity contribution in [2.45, 2.75) is 19.1 Å². The summed E-state index contributed by atoms with van der Waals surface area (Å²) >= 11 is 5.95. The summed E-state index contributed by atoms with van der Waals surface area (Å²) in [6, 6.07) is 7.94. The second-order valence-electron chi connectivity index (χ2n) is 4.25. The Kier molecular flexibility index (Phi) is 6.52. The number of nitrogens with two attached hydrogens (primary N) is 1. The summed E-state index contributed by atoms with van der Waals surface area (Å²) in [5, 5.41) is 0.785. The predicted molar refractivity (Wildman–Crippen MR) is 72.3 cm³/mol. The molecule has 1 atom stereocenters. The van der Waals surface area contributed by atoms with E-state index in [-0.39, 0.29) is 6.10 Å². The first-order valence-electron chi connectivity index (χ1n) is 5.81. The van der Waals surface area contributed by atoms with Crippen molar-refractivity contribution in [1.82, 2.24) is 4.90 Å². The number of methoxy groups -OCH3 is 1. The molecule has 3 nitrogen and oxygen atoms in total. The molecule has 1 rings (SSSR count). The van der Waals surface area contributed by atoms with E-state index in [9.17, 15) is 0 Å². The average Bonchev–Trinajstić information content (AvgIpc) is 2.30. The van der Waals surface area contributed by atoms with Crippen molar-refractivity contribution >= 4 is 11.6 Å². The smallest absolute Gasteiger partial charge is 0.0705 e. The standard InChI is InChI=1S/C13H21ClN2O/c1-16(7-6-13(9-15)17-2)10-11-4-3-5-12(14)8-11/h3-5,8,13H,6-7,9-10,15H2,1-2H3. The highest BCUT2D eigenvalue weighted by Gasteiger charge is 2.07. The molecule has 0 spiro atoms. The van der Waals surface area contributed by atoms with Gasteiger partial charge in [-0.3, -0.25) is 0 Å². The van der Waals surface area contributed by atoms with E-state index in [2.05, 4.69) is 18.0 Å². The minimum Gasteiger partial charge on any atom is -0.380 e. The van der Waals surface area contributed by atoms with Crippen LogP contribution in [0.3, 0.4) is 0 Å². The molecule has 0 saturated heterocycles. The molecule has 2 N–H and O–H groups in total. The Balaban J connectivity index is 2.36. The summed E-state index contributed by atoms with van der Waals surface area (Å²) in [7, 11) is 3.79. The van der Waals surface area contributed by atoms with Gasteiger partial charge >= 0.3 is 0 Å². The van der Waals surface area contributed by atoms with Crippen LogP contribution in [-0.4, -0.2) is 38.3 Å². The van der Waals surface area contributed by atoms with Crippen LogP contribution in [0.4, 0.5) is 0 Å². The van der Waals surface area contributed by atoms with Crippen LogP contribution in [0.2, 0.25) is 5.02 Å². The van der Waals surface area contributed by atoms with Crippen molar-refractivity contribution < 1.29 is 4.74 Å². The molecule has 0 aliphatic carbocycles. The predicted octanol–water partition coefficient (Wildman–Crippen LogP) is 2.14. The third-order valence-electron chi connectivity index (χ3n) is 2.77. The largest absolute Gasteiger partial charge is 0.380 e. The summed E-state index contributed by atoms with van der Waals surface area (Å²) < 4.78 is 5.25. The number of benzene rings is 1. The Morgan fingerprint density at radius 1 is 1.47 bits per heavy atom. The van der Waals surface area contributed by atoms with Crippen molar-refractivity contribution in [3.05, 3.63) is 34.9 Å². The molecule has 0 aromatic heterocycles. The monoisotopic (exact) mass is 256 g/mol. The Morgan fingerprint density at radius 3 is 2.82 bits per heavy atom. The maximum atomic E-state index is 5.95. The highest BCUT2D eigenvalue weighted by atomic mass is 35.5. The molecule has 1 unspecified atom stereocenters. The van der Waals surface area contributed by atoms with Gasteiger partial charge in [0.15, 0.2) is 0 Å². The van der Waals surface area contributed by atoms with Gasteiger partial charge in [-0.25, -0.2) is 0 Å². The van der Waals surface area contributed by atoms with Gasteiger partial charge in [0.1, 0.15) is 0 Å². The van der Waals surface area contributed by atoms with Crippen molar-refractivity contribution in [3.63, 3.8) is 0 Å². The van der Waals surface area contributed by atoms with E-state index in [1.54, 1.807) is 7.11 Å². The number of hydrogen-bond donors (Lipinski definition) is 1. The number of halogens is 1. The molecule has 17 heavy (non-hydrogen) atoms. The van der Waals surface area contributed by atoms with Crippen LogP contribution in [-0.2, 0) is 11.3 Å². The topological polar surface area (TPSA) is 38.5 Å². The third kappa shape index (κ3) is 5.50. The van der Waals surface area contributed by atoms with Gasteiger partial charge < -0.3 is 15.4 Å². The zero-order valence-electron chi connectivity index (χ0n) is 10.5. The molecule has 0 fully saturated rings. The van der Waals surface area contributed by atoms with E-state index in [0.29, 0.717) is 6.54 Å². The molecule has 4 heteroatoms. The number of ether oxygens (including phenoxy) is 1. The normalized spacial score (nSPS) is 13.0. The SMILES string of the molecule is COC(CN)CCN(C)Cc1cccc(Cl)c1. The highest BCUT2D eigenvalue weighted by Crippen LogP contribution is 2.12. The van der Waals surface area contributed by atoms with Crippen LogP contribution < -0.4 is 5.73 Å². The van der Waals surface area contributed by atoms with Crippen molar-refractivity contribution in [3.8, 4) is 0 Å². The minimum absolute atomic E-state index is 0.150. The third-order valence-corrected chi connectivity index (χ3v) is 3.01. The van der Waals surface area contributed by atoms with Gasteiger partial charge in [0.05, 0.1) is 6.10 Å². The van der Waals surface area contributed by atoms with E-state index in [0.717, 1.165) is 24.5 Å². The van der Waals surface area contributed by atoms with Crippen LogP contribution in [0.1, 0.15) is 12.0 Å². The second-order valence-corrected chi connectivity index (χ2v) is 4.69. The summed E-state index contributed by atoms with van der Waals surface area (Å²) in [5.41, 5.74) is 6.80. The second kappa shape index (κ2) is 7.67. The van der Waals surface area contributed by atoms with E-state index in [1.807, 2.05) is 18.2 Å². The van der Waals surface area contributed by atoms with Gasteiger partial charge in [0.2, 0.25) is 0 Å². The zero-order chi connectivity index (χ0) is 12.7. The number of hydrogen-bond acceptors (Lipinski definition) is 3. The molecular formula is C13H21ClN2O. The quantitative estimate of drug-likeness (QED) is 0.812. The fourth-order valence-corrected chi connectivity index (χ4v) is 1.94. The fraction of sp³-hybridized carbons (Fsp3) is 0.538. The Bertz CT molecular complexity index is 329. The average molecular weight is 257 g/mol. The molecule has 1 aromatic rings. The highest BCUT2D eigenvalue weighted by molar-refractivity contribution is 6.30. The number of rotatable bonds is 7. The Hall–Kier alpha value is -0.610. The van der Waals surface area contributed by atoms with Gasteiger partial charge in [-0.15, -0.1) is 0 Å². The van der Waals surface area contributed by atoms with Crippen molar-refractivity contribution in [2.75, 3.05) is 27.2 Å². The van der Waals surface area contributed by atoms with E-state index >= 15 is 0 Å². The minimum atomic E-state index is 0.150. The van der Waals surface area contributed by atoms with E-state index in [1.165, 1.54) is 5.56 Å².